The third-order valence-electron chi connectivity index (χ3n) is 2.65. The van der Waals surface area contributed by atoms with Crippen LogP contribution in [0.1, 0.15) is 18.2 Å². The minimum Gasteiger partial charge on any atom is -0.494 e. The normalized spacial score (nSPS) is 9.61. The van der Waals surface area contributed by atoms with E-state index in [9.17, 15) is 0 Å². The van der Waals surface area contributed by atoms with E-state index in [-0.39, 0.29) is 0 Å². The summed E-state index contributed by atoms with van der Waals surface area (Å²) in [5.41, 5.74) is 1.17. The van der Waals surface area contributed by atoms with Gasteiger partial charge in [-0.1, -0.05) is 18.2 Å². The first-order valence-electron chi connectivity index (χ1n) is 6.94. The summed E-state index contributed by atoms with van der Waals surface area (Å²) in [7, 11) is 0. The van der Waals surface area contributed by atoms with Crippen LogP contribution in [0.4, 0.5) is 0 Å². The minimum atomic E-state index is -1.82. The first kappa shape index (κ1) is 18.2. The molecule has 0 bridgehead atoms. The summed E-state index contributed by atoms with van der Waals surface area (Å²) in [6.07, 6.45) is 1.69. The van der Waals surface area contributed by atoms with E-state index in [2.05, 4.69) is 11.4 Å². The maximum atomic E-state index is 9.10. The predicted molar refractivity (Wildman–Crippen MR) is 82.1 cm³/mol. The van der Waals surface area contributed by atoms with E-state index in [0.717, 1.165) is 24.6 Å². The molecule has 7 nitrogen and oxygen atoms in total. The zero-order valence-electron chi connectivity index (χ0n) is 12.7. The van der Waals surface area contributed by atoms with Gasteiger partial charge in [0.1, 0.15) is 11.5 Å². The lowest BCUT2D eigenvalue weighted by atomic mass is 10.2. The largest absolute Gasteiger partial charge is 0.494 e. The van der Waals surface area contributed by atoms with Crippen LogP contribution in [0.2, 0.25) is 0 Å². The molecule has 0 unspecified atom stereocenters. The van der Waals surface area contributed by atoms with Gasteiger partial charge in [0.15, 0.2) is 0 Å². The second-order valence-corrected chi connectivity index (χ2v) is 4.33. The zero-order valence-corrected chi connectivity index (χ0v) is 12.7. The number of ether oxygens (including phenoxy) is 1. The van der Waals surface area contributed by atoms with Gasteiger partial charge in [0.25, 0.3) is 0 Å². The number of carbonyl (C=O) groups is 2. The van der Waals surface area contributed by atoms with Crippen LogP contribution in [0, 0.1) is 0 Å². The van der Waals surface area contributed by atoms with Gasteiger partial charge in [0.2, 0.25) is 0 Å². The lowest BCUT2D eigenvalue weighted by molar-refractivity contribution is -0.159. The molecule has 1 heterocycles. The molecule has 7 heteroatoms. The van der Waals surface area contributed by atoms with Crippen LogP contribution in [0.25, 0.3) is 0 Å². The van der Waals surface area contributed by atoms with Crippen LogP contribution >= 0.6 is 0 Å². The van der Waals surface area contributed by atoms with Crippen molar-refractivity contribution in [3.05, 3.63) is 54.0 Å². The van der Waals surface area contributed by atoms with Crippen LogP contribution in [0.15, 0.2) is 47.1 Å². The summed E-state index contributed by atoms with van der Waals surface area (Å²) in [6, 6.07) is 11.9. The molecule has 1 aromatic heterocycles. The first-order chi connectivity index (χ1) is 11.0. The Hall–Kier alpha value is -2.80. The van der Waals surface area contributed by atoms with Crippen LogP contribution in [-0.2, 0) is 22.7 Å². The highest BCUT2D eigenvalue weighted by molar-refractivity contribution is 6.27. The Bertz CT molecular complexity index is 597. The van der Waals surface area contributed by atoms with Gasteiger partial charge in [-0.15, -0.1) is 0 Å². The molecule has 0 radical (unpaired) electrons. The Balaban J connectivity index is 0.000000379. The minimum absolute atomic E-state index is 0.690. The average molecular weight is 321 g/mol. The summed E-state index contributed by atoms with van der Waals surface area (Å²) >= 11 is 0. The lowest BCUT2D eigenvalue weighted by Crippen LogP contribution is -2.13. The summed E-state index contributed by atoms with van der Waals surface area (Å²) in [4.78, 5) is 18.2. The molecule has 0 aliphatic heterocycles. The number of carboxylic acids is 2. The van der Waals surface area contributed by atoms with Crippen LogP contribution in [-0.4, -0.2) is 28.8 Å². The molecular formula is C16H19NO6. The number of benzene rings is 1. The lowest BCUT2D eigenvalue weighted by Gasteiger charge is -2.10. The first-order valence-corrected chi connectivity index (χ1v) is 6.94. The Labute approximate surface area is 133 Å². The van der Waals surface area contributed by atoms with Crippen molar-refractivity contribution in [3.8, 4) is 5.75 Å². The second kappa shape index (κ2) is 10.0. The number of para-hydroxylation sites is 1. The summed E-state index contributed by atoms with van der Waals surface area (Å²) < 4.78 is 10.8. The van der Waals surface area contributed by atoms with Crippen molar-refractivity contribution in [2.75, 3.05) is 6.61 Å². The fraction of sp³-hybridized carbons (Fsp3) is 0.250. The van der Waals surface area contributed by atoms with Crippen molar-refractivity contribution in [2.24, 2.45) is 0 Å². The molecule has 1 aromatic carbocycles. The maximum absolute atomic E-state index is 9.10. The predicted octanol–water partition coefficient (Wildman–Crippen LogP) is 2.12. The highest BCUT2D eigenvalue weighted by Crippen LogP contribution is 2.17. The number of carboxylic acid groups (broad SMARTS) is 2. The summed E-state index contributed by atoms with van der Waals surface area (Å²) in [5, 5.41) is 18.1. The van der Waals surface area contributed by atoms with E-state index in [1.165, 1.54) is 5.56 Å². The van der Waals surface area contributed by atoms with Gasteiger partial charge in [0, 0.05) is 12.1 Å². The molecule has 0 spiro atoms. The van der Waals surface area contributed by atoms with Gasteiger partial charge in [-0.25, -0.2) is 9.59 Å². The van der Waals surface area contributed by atoms with Crippen LogP contribution in [0.3, 0.4) is 0 Å². The van der Waals surface area contributed by atoms with Gasteiger partial charge in [-0.05, 0) is 25.1 Å². The highest BCUT2D eigenvalue weighted by atomic mass is 16.5. The molecule has 23 heavy (non-hydrogen) atoms. The van der Waals surface area contributed by atoms with Crippen molar-refractivity contribution in [3.63, 3.8) is 0 Å². The standard InChI is InChI=1S/C14H17NO2.C2H2O4/c1-2-16-14-8-4-3-6-12(14)10-15-11-13-7-5-9-17-13;3-1(4)2(5)6/h3-9,15H,2,10-11H2,1H3;(H,3,4)(H,5,6). The molecule has 0 saturated heterocycles. The van der Waals surface area contributed by atoms with Gasteiger partial charge < -0.3 is 24.7 Å². The Morgan fingerprint density at radius 1 is 1.09 bits per heavy atom. The van der Waals surface area contributed by atoms with Gasteiger partial charge >= 0.3 is 11.9 Å². The molecule has 0 atom stereocenters. The van der Waals surface area contributed by atoms with E-state index < -0.39 is 11.9 Å². The number of hydrogen-bond acceptors (Lipinski definition) is 5. The summed E-state index contributed by atoms with van der Waals surface area (Å²) in [6.45, 7) is 4.19. The zero-order chi connectivity index (χ0) is 17.1. The third kappa shape index (κ3) is 7.14. The molecule has 124 valence electrons. The van der Waals surface area contributed by atoms with Crippen molar-refractivity contribution < 1.29 is 29.0 Å². The SMILES string of the molecule is CCOc1ccccc1CNCc1ccco1.O=C(O)C(=O)O. The van der Waals surface area contributed by atoms with E-state index in [4.69, 9.17) is 29.0 Å². The Kier molecular flexibility index (Phi) is 7.95. The summed E-state index contributed by atoms with van der Waals surface area (Å²) in [5.74, 6) is -1.76. The molecule has 0 aliphatic rings. The van der Waals surface area contributed by atoms with Gasteiger partial charge in [-0.2, -0.15) is 0 Å². The fourth-order valence-electron chi connectivity index (χ4n) is 1.68. The number of nitrogens with one attached hydrogen (secondary N) is 1. The van der Waals surface area contributed by atoms with Crippen molar-refractivity contribution in [1.82, 2.24) is 5.32 Å². The Morgan fingerprint density at radius 3 is 2.35 bits per heavy atom. The van der Waals surface area contributed by atoms with E-state index in [1.807, 2.05) is 37.3 Å². The van der Waals surface area contributed by atoms with E-state index in [1.54, 1.807) is 6.26 Å². The fourth-order valence-corrected chi connectivity index (χ4v) is 1.68. The molecule has 0 fully saturated rings. The van der Waals surface area contributed by atoms with Crippen LogP contribution < -0.4 is 10.1 Å². The average Bonchev–Trinajstić information content (AvgIpc) is 3.03. The van der Waals surface area contributed by atoms with Gasteiger partial charge in [0.05, 0.1) is 19.4 Å². The van der Waals surface area contributed by atoms with E-state index in [0.29, 0.717) is 6.61 Å². The molecule has 2 rings (SSSR count). The maximum Gasteiger partial charge on any atom is 0.414 e. The third-order valence-corrected chi connectivity index (χ3v) is 2.65. The number of aliphatic carboxylic acids is 2. The number of rotatable bonds is 6. The smallest absolute Gasteiger partial charge is 0.414 e. The molecule has 3 N–H and O–H groups in total. The van der Waals surface area contributed by atoms with Crippen molar-refractivity contribution in [1.29, 1.82) is 0 Å². The van der Waals surface area contributed by atoms with Crippen molar-refractivity contribution >= 4 is 11.9 Å². The Morgan fingerprint density at radius 2 is 1.78 bits per heavy atom. The topological polar surface area (TPSA) is 109 Å². The monoisotopic (exact) mass is 321 g/mol. The molecule has 0 amide bonds. The molecule has 0 saturated carbocycles. The highest BCUT2D eigenvalue weighted by Gasteiger charge is 2.04. The molecule has 2 aromatic rings. The van der Waals surface area contributed by atoms with Crippen LogP contribution in [0.5, 0.6) is 5.75 Å². The quantitative estimate of drug-likeness (QED) is 0.699. The van der Waals surface area contributed by atoms with E-state index >= 15 is 0 Å². The number of furan rings is 1. The molecule has 0 aliphatic carbocycles. The van der Waals surface area contributed by atoms with Gasteiger partial charge in [-0.3, -0.25) is 0 Å². The number of hydrogen-bond donors (Lipinski definition) is 3. The molecular weight excluding hydrogens is 302 g/mol. The second-order valence-electron chi connectivity index (χ2n) is 4.33. The van der Waals surface area contributed by atoms with Crippen molar-refractivity contribution in [2.45, 2.75) is 20.0 Å².